The molecule has 12 heteroatoms. The number of rotatable bonds is 7. The SMILES string of the molecule is O=C(NCCC(F)(F)F)c1ccc(-c2nsc(C(=O)OCSI)n2)cc1. The third-order valence-corrected chi connectivity index (χ3v) is 4.60. The molecule has 26 heavy (non-hydrogen) atoms. The van der Waals surface area contributed by atoms with Gasteiger partial charge in [-0.1, -0.05) is 12.1 Å². The Balaban J connectivity index is 1.98. The summed E-state index contributed by atoms with van der Waals surface area (Å²) in [5.74, 6) is -0.675. The lowest BCUT2D eigenvalue weighted by molar-refractivity contribution is -0.133. The normalized spacial score (nSPS) is 11.2. The summed E-state index contributed by atoms with van der Waals surface area (Å²) in [6.45, 7) is -0.487. The molecule has 1 aromatic carbocycles. The van der Waals surface area contributed by atoms with Crippen LogP contribution in [0.3, 0.4) is 0 Å². The minimum atomic E-state index is -4.32. The molecule has 0 aliphatic carbocycles. The first-order valence-corrected chi connectivity index (χ1v) is 11.3. The zero-order valence-electron chi connectivity index (χ0n) is 12.9. The summed E-state index contributed by atoms with van der Waals surface area (Å²) in [5.41, 5.74) is 0.778. The van der Waals surface area contributed by atoms with E-state index in [9.17, 15) is 22.8 Å². The maximum absolute atomic E-state index is 12.1. The van der Waals surface area contributed by atoms with Gasteiger partial charge in [-0.25, -0.2) is 9.78 Å². The molecule has 1 aromatic heterocycles. The van der Waals surface area contributed by atoms with E-state index in [0.717, 1.165) is 11.5 Å². The van der Waals surface area contributed by atoms with Crippen LogP contribution in [0.25, 0.3) is 11.4 Å². The Morgan fingerprint density at radius 2 is 1.96 bits per heavy atom. The molecule has 140 valence electrons. The number of nitrogens with one attached hydrogen (secondary N) is 1. The van der Waals surface area contributed by atoms with E-state index in [1.807, 2.05) is 21.2 Å². The van der Waals surface area contributed by atoms with Crippen LogP contribution in [0.5, 0.6) is 0 Å². The summed E-state index contributed by atoms with van der Waals surface area (Å²) in [6, 6.07) is 6.00. The Hall–Kier alpha value is -1.41. The van der Waals surface area contributed by atoms with Gasteiger partial charge >= 0.3 is 12.1 Å². The molecule has 0 bridgehead atoms. The number of benzene rings is 1. The van der Waals surface area contributed by atoms with E-state index >= 15 is 0 Å². The van der Waals surface area contributed by atoms with E-state index in [1.165, 1.54) is 21.1 Å². The van der Waals surface area contributed by atoms with Crippen LogP contribution in [-0.4, -0.2) is 39.9 Å². The highest BCUT2D eigenvalue weighted by Gasteiger charge is 2.26. The van der Waals surface area contributed by atoms with Gasteiger partial charge in [0.15, 0.2) is 5.82 Å². The molecule has 1 N–H and O–H groups in total. The maximum atomic E-state index is 12.1. The third kappa shape index (κ3) is 6.39. The molecule has 0 aliphatic rings. The number of nitrogens with zero attached hydrogens (tertiary/aromatic N) is 2. The van der Waals surface area contributed by atoms with Crippen LogP contribution in [0, 0.1) is 0 Å². The number of carbonyl (C=O) groups is 2. The summed E-state index contributed by atoms with van der Waals surface area (Å²) < 4.78 is 45.2. The minimum absolute atomic E-state index is 0.111. The van der Waals surface area contributed by atoms with Crippen molar-refractivity contribution in [3.8, 4) is 11.4 Å². The second-order valence-corrected chi connectivity index (χ2v) is 7.85. The van der Waals surface area contributed by atoms with Gasteiger partial charge in [0.2, 0.25) is 5.01 Å². The van der Waals surface area contributed by atoms with Crippen LogP contribution in [0.15, 0.2) is 24.3 Å². The molecular formula is C14H11F3IN3O3S2. The Kier molecular flexibility index (Phi) is 7.64. The quantitative estimate of drug-likeness (QED) is 0.339. The molecule has 6 nitrogen and oxygen atoms in total. The molecule has 0 unspecified atom stereocenters. The van der Waals surface area contributed by atoms with E-state index in [2.05, 4.69) is 14.7 Å². The van der Waals surface area contributed by atoms with Gasteiger partial charge in [-0.2, -0.15) is 17.5 Å². The standard InChI is InChI=1S/C14H11F3IN3O3S2/c15-14(16,17)5-6-19-11(22)9-3-1-8(2-4-9)10-20-12(26-21-10)13(23)24-7-25-18/h1-4H,5-7H2,(H,19,22). The van der Waals surface area contributed by atoms with Crippen molar-refractivity contribution in [3.63, 3.8) is 0 Å². The van der Waals surface area contributed by atoms with Crippen LogP contribution in [-0.2, 0) is 4.74 Å². The van der Waals surface area contributed by atoms with Crippen LogP contribution in [0.2, 0.25) is 0 Å². The van der Waals surface area contributed by atoms with Gasteiger partial charge in [0.1, 0.15) is 5.94 Å². The Morgan fingerprint density at radius 3 is 2.58 bits per heavy atom. The molecule has 2 aromatic rings. The van der Waals surface area contributed by atoms with Crippen LogP contribution in [0.1, 0.15) is 26.6 Å². The molecule has 1 amide bonds. The van der Waals surface area contributed by atoms with Gasteiger partial charge in [0, 0.05) is 17.7 Å². The molecule has 0 aliphatic heterocycles. The predicted molar refractivity (Wildman–Crippen MR) is 100 cm³/mol. The number of halogens is 4. The van der Waals surface area contributed by atoms with E-state index in [0.29, 0.717) is 11.4 Å². The molecular weight excluding hydrogens is 506 g/mol. The fourth-order valence-electron chi connectivity index (χ4n) is 1.75. The number of alkyl halides is 3. The molecule has 0 fully saturated rings. The number of aromatic nitrogens is 2. The van der Waals surface area contributed by atoms with E-state index in [4.69, 9.17) is 4.74 Å². The van der Waals surface area contributed by atoms with Gasteiger partial charge in [-0.15, -0.1) is 0 Å². The lowest BCUT2D eigenvalue weighted by Gasteiger charge is -2.08. The Morgan fingerprint density at radius 1 is 1.27 bits per heavy atom. The van der Waals surface area contributed by atoms with Gasteiger partial charge in [0.25, 0.3) is 5.91 Å². The number of hydrogen-bond donors (Lipinski definition) is 1. The fourth-order valence-corrected chi connectivity index (χ4v) is 2.86. The largest absolute Gasteiger partial charge is 0.448 e. The van der Waals surface area contributed by atoms with Crippen molar-refractivity contribution in [3.05, 3.63) is 34.8 Å². The van der Waals surface area contributed by atoms with Crippen molar-refractivity contribution >= 4 is 53.5 Å². The fraction of sp³-hybridized carbons (Fsp3) is 0.286. The van der Waals surface area contributed by atoms with Crippen molar-refractivity contribution < 1.29 is 27.5 Å². The summed E-state index contributed by atoms with van der Waals surface area (Å²) in [7, 11) is 1.32. The number of carbonyl (C=O) groups excluding carboxylic acids is 2. The van der Waals surface area contributed by atoms with E-state index in [-0.39, 0.29) is 16.5 Å². The van der Waals surface area contributed by atoms with Crippen LogP contribution in [0.4, 0.5) is 13.2 Å². The van der Waals surface area contributed by atoms with Crippen molar-refractivity contribution in [2.75, 3.05) is 12.5 Å². The first-order valence-electron chi connectivity index (χ1n) is 7.00. The summed E-state index contributed by atoms with van der Waals surface area (Å²) in [5, 5.41) is 2.31. The van der Waals surface area contributed by atoms with Gasteiger partial charge in [-0.3, -0.25) is 4.79 Å². The van der Waals surface area contributed by atoms with Gasteiger partial charge in [0.05, 0.1) is 6.42 Å². The highest BCUT2D eigenvalue weighted by molar-refractivity contribution is 14.2. The zero-order chi connectivity index (χ0) is 19.2. The van der Waals surface area contributed by atoms with E-state index < -0.39 is 31.0 Å². The minimum Gasteiger partial charge on any atom is -0.448 e. The zero-order valence-corrected chi connectivity index (χ0v) is 16.7. The topological polar surface area (TPSA) is 81.2 Å². The average Bonchev–Trinajstić information content (AvgIpc) is 3.08. The Bertz CT molecular complexity index is 769. The summed E-state index contributed by atoms with van der Waals surface area (Å²) in [6.07, 6.45) is -5.41. The van der Waals surface area contributed by atoms with E-state index in [1.54, 1.807) is 12.1 Å². The summed E-state index contributed by atoms with van der Waals surface area (Å²) in [4.78, 5) is 27.6. The monoisotopic (exact) mass is 517 g/mol. The Labute approximate surface area is 166 Å². The van der Waals surface area contributed by atoms with Crippen molar-refractivity contribution in [2.24, 2.45) is 0 Å². The van der Waals surface area contributed by atoms with Crippen LogP contribution < -0.4 is 5.32 Å². The van der Waals surface area contributed by atoms with Gasteiger partial charge in [-0.05, 0) is 53.8 Å². The number of amides is 1. The highest BCUT2D eigenvalue weighted by atomic mass is 127. The number of esters is 1. The second-order valence-electron chi connectivity index (χ2n) is 4.78. The first kappa shape index (κ1) is 20.9. The molecule has 1 heterocycles. The van der Waals surface area contributed by atoms with Crippen LogP contribution >= 0.6 is 41.7 Å². The van der Waals surface area contributed by atoms with Crippen molar-refractivity contribution in [1.29, 1.82) is 0 Å². The molecule has 0 spiro atoms. The molecule has 0 atom stereocenters. The van der Waals surface area contributed by atoms with Crippen molar-refractivity contribution in [2.45, 2.75) is 12.6 Å². The molecule has 2 rings (SSSR count). The summed E-state index contributed by atoms with van der Waals surface area (Å²) >= 11 is 2.89. The maximum Gasteiger partial charge on any atom is 0.390 e. The number of hydrogen-bond acceptors (Lipinski definition) is 7. The lowest BCUT2D eigenvalue weighted by atomic mass is 10.1. The highest BCUT2D eigenvalue weighted by Crippen LogP contribution is 2.21. The number of ether oxygens (including phenoxy) is 1. The third-order valence-electron chi connectivity index (χ3n) is 2.93. The van der Waals surface area contributed by atoms with Crippen molar-refractivity contribution in [1.82, 2.24) is 14.7 Å². The molecule has 0 saturated carbocycles. The lowest BCUT2D eigenvalue weighted by Crippen LogP contribution is -2.27. The first-order chi connectivity index (χ1) is 12.3. The average molecular weight is 517 g/mol. The smallest absolute Gasteiger partial charge is 0.390 e. The molecule has 0 radical (unpaired) electrons. The predicted octanol–water partition coefficient (Wildman–Crippen LogP) is 4.08. The van der Waals surface area contributed by atoms with Gasteiger partial charge < -0.3 is 10.1 Å². The molecule has 0 saturated heterocycles. The second kappa shape index (κ2) is 9.50.